The number of rotatable bonds is 3. The third kappa shape index (κ3) is 4.22. The zero-order valence-corrected chi connectivity index (χ0v) is 14.6. The molecule has 2 aromatic rings. The Bertz CT molecular complexity index is 615. The minimum Gasteiger partial charge on any atom is -0.506 e. The van der Waals surface area contributed by atoms with E-state index in [9.17, 15) is 5.11 Å². The summed E-state index contributed by atoms with van der Waals surface area (Å²) in [6.07, 6.45) is 1.59. The maximum Gasteiger partial charge on any atom is 0.137 e. The molecule has 3 nitrogen and oxygen atoms in total. The molecule has 0 amide bonds. The van der Waals surface area contributed by atoms with Gasteiger partial charge in [0.25, 0.3) is 0 Å². The van der Waals surface area contributed by atoms with Crippen molar-refractivity contribution in [1.82, 2.24) is 0 Å². The zero-order chi connectivity index (χ0) is 13.8. The van der Waals surface area contributed by atoms with Crippen LogP contribution in [0.2, 0.25) is 5.02 Å². The SMILES string of the molecule is Oc1c(I)cc(I)cc1/C=N\Nc1ccc(Cl)cc1. The Kier molecular flexibility index (Phi) is 5.28. The highest BCUT2D eigenvalue weighted by Gasteiger charge is 2.04. The normalized spacial score (nSPS) is 10.9. The van der Waals surface area contributed by atoms with Crippen LogP contribution in [0.4, 0.5) is 5.69 Å². The zero-order valence-electron chi connectivity index (χ0n) is 9.57. The van der Waals surface area contributed by atoms with Gasteiger partial charge in [0.05, 0.1) is 15.5 Å². The second-order valence-electron chi connectivity index (χ2n) is 3.70. The quantitative estimate of drug-likeness (QED) is 0.366. The molecular weight excluding hydrogens is 489 g/mol. The Morgan fingerprint density at radius 1 is 1.16 bits per heavy atom. The fourth-order valence-electron chi connectivity index (χ4n) is 1.39. The number of nitrogens with one attached hydrogen (secondary N) is 1. The van der Waals surface area contributed by atoms with Crippen molar-refractivity contribution in [3.8, 4) is 5.75 Å². The van der Waals surface area contributed by atoms with Crippen LogP contribution in [0.25, 0.3) is 0 Å². The highest BCUT2D eigenvalue weighted by Crippen LogP contribution is 2.25. The molecule has 0 radical (unpaired) electrons. The standard InChI is InChI=1S/C13H9ClI2N2O/c14-9-1-3-11(4-2-9)18-17-7-8-5-10(15)6-12(16)13(8)19/h1-7,18-19H/b17-7-. The summed E-state index contributed by atoms with van der Waals surface area (Å²) < 4.78 is 1.85. The van der Waals surface area contributed by atoms with Crippen molar-refractivity contribution >= 4 is 68.7 Å². The molecule has 0 aliphatic carbocycles. The monoisotopic (exact) mass is 498 g/mol. The van der Waals surface area contributed by atoms with E-state index < -0.39 is 0 Å². The van der Waals surface area contributed by atoms with Gasteiger partial charge in [0, 0.05) is 14.2 Å². The van der Waals surface area contributed by atoms with Crippen LogP contribution in [-0.2, 0) is 0 Å². The second-order valence-corrected chi connectivity index (χ2v) is 6.55. The molecule has 0 saturated heterocycles. The first-order valence-corrected chi connectivity index (χ1v) is 7.82. The molecule has 0 spiro atoms. The van der Waals surface area contributed by atoms with Crippen molar-refractivity contribution < 1.29 is 5.11 Å². The van der Waals surface area contributed by atoms with Gasteiger partial charge < -0.3 is 5.11 Å². The predicted molar refractivity (Wildman–Crippen MR) is 96.2 cm³/mol. The maximum absolute atomic E-state index is 9.91. The smallest absolute Gasteiger partial charge is 0.137 e. The molecule has 6 heteroatoms. The maximum atomic E-state index is 9.91. The molecule has 2 N–H and O–H groups in total. The van der Waals surface area contributed by atoms with Crippen LogP contribution in [-0.4, -0.2) is 11.3 Å². The van der Waals surface area contributed by atoms with Gasteiger partial charge in [-0.15, -0.1) is 0 Å². The van der Waals surface area contributed by atoms with Crippen LogP contribution >= 0.6 is 56.8 Å². The Morgan fingerprint density at radius 2 is 1.84 bits per heavy atom. The summed E-state index contributed by atoms with van der Waals surface area (Å²) in [7, 11) is 0. The molecule has 0 saturated carbocycles. The fraction of sp³-hybridized carbons (Fsp3) is 0. The van der Waals surface area contributed by atoms with Gasteiger partial charge in [-0.2, -0.15) is 5.10 Å². The average Bonchev–Trinajstić information content (AvgIpc) is 2.37. The van der Waals surface area contributed by atoms with Gasteiger partial charge in [-0.3, -0.25) is 5.43 Å². The van der Waals surface area contributed by atoms with E-state index in [-0.39, 0.29) is 5.75 Å². The molecule has 0 aliphatic rings. The predicted octanol–water partition coefficient (Wildman–Crippen LogP) is 4.70. The highest BCUT2D eigenvalue weighted by molar-refractivity contribution is 14.1. The van der Waals surface area contributed by atoms with Crippen molar-refractivity contribution in [2.24, 2.45) is 5.10 Å². The Balaban J connectivity index is 2.13. The number of phenolic OH excluding ortho intramolecular Hbond substituents is 1. The number of anilines is 1. The lowest BCUT2D eigenvalue weighted by molar-refractivity contribution is 0.470. The summed E-state index contributed by atoms with van der Waals surface area (Å²) in [5.74, 6) is 0.239. The van der Waals surface area contributed by atoms with Crippen molar-refractivity contribution in [2.45, 2.75) is 0 Å². The third-order valence-corrected chi connectivity index (χ3v) is 4.00. The summed E-state index contributed by atoms with van der Waals surface area (Å²) in [4.78, 5) is 0. The van der Waals surface area contributed by atoms with Crippen LogP contribution in [0.3, 0.4) is 0 Å². The van der Waals surface area contributed by atoms with Gasteiger partial charge in [0.1, 0.15) is 5.75 Å². The molecule has 0 aromatic heterocycles. The van der Waals surface area contributed by atoms with Crippen LogP contribution in [0.15, 0.2) is 41.5 Å². The number of nitrogens with zero attached hydrogens (tertiary/aromatic N) is 1. The van der Waals surface area contributed by atoms with Gasteiger partial charge in [-0.05, 0) is 81.6 Å². The summed E-state index contributed by atoms with van der Waals surface area (Å²) in [6, 6.07) is 11.0. The summed E-state index contributed by atoms with van der Waals surface area (Å²) in [6.45, 7) is 0. The molecule has 0 fully saturated rings. The van der Waals surface area contributed by atoms with E-state index in [4.69, 9.17) is 11.6 Å². The first-order chi connectivity index (χ1) is 9.06. The summed E-state index contributed by atoms with van der Waals surface area (Å²) in [5.41, 5.74) is 4.39. The van der Waals surface area contributed by atoms with E-state index in [1.54, 1.807) is 18.3 Å². The molecule has 2 aromatic carbocycles. The van der Waals surface area contributed by atoms with E-state index in [0.717, 1.165) is 12.8 Å². The lowest BCUT2D eigenvalue weighted by Crippen LogP contribution is -1.92. The van der Waals surface area contributed by atoms with E-state index in [2.05, 4.69) is 55.7 Å². The van der Waals surface area contributed by atoms with Crippen molar-refractivity contribution in [2.75, 3.05) is 5.43 Å². The van der Waals surface area contributed by atoms with Crippen LogP contribution in [0, 0.1) is 7.14 Å². The van der Waals surface area contributed by atoms with Gasteiger partial charge in [0.15, 0.2) is 0 Å². The topological polar surface area (TPSA) is 44.6 Å². The number of aromatic hydroxyl groups is 1. The largest absolute Gasteiger partial charge is 0.506 e. The lowest BCUT2D eigenvalue weighted by atomic mass is 10.2. The van der Waals surface area contributed by atoms with Gasteiger partial charge in [0.2, 0.25) is 0 Å². The first-order valence-electron chi connectivity index (χ1n) is 5.29. The molecule has 2 rings (SSSR count). The molecule has 98 valence electrons. The van der Waals surface area contributed by atoms with Gasteiger partial charge >= 0.3 is 0 Å². The van der Waals surface area contributed by atoms with Crippen LogP contribution in [0.1, 0.15) is 5.56 Å². The van der Waals surface area contributed by atoms with Crippen molar-refractivity contribution in [3.63, 3.8) is 0 Å². The molecule has 19 heavy (non-hydrogen) atoms. The lowest BCUT2D eigenvalue weighted by Gasteiger charge is -2.03. The molecular formula is C13H9ClI2N2O. The van der Waals surface area contributed by atoms with Crippen molar-refractivity contribution in [3.05, 3.63) is 54.1 Å². The van der Waals surface area contributed by atoms with E-state index >= 15 is 0 Å². The average molecular weight is 498 g/mol. The number of hydrogen-bond acceptors (Lipinski definition) is 3. The number of halogens is 3. The number of benzene rings is 2. The Hall–Kier alpha value is -0.540. The van der Waals surface area contributed by atoms with E-state index in [1.165, 1.54) is 0 Å². The Labute approximate surface area is 143 Å². The molecule has 0 heterocycles. The van der Waals surface area contributed by atoms with Crippen LogP contribution in [0.5, 0.6) is 5.75 Å². The van der Waals surface area contributed by atoms with Crippen LogP contribution < -0.4 is 5.43 Å². The minimum absolute atomic E-state index is 0.239. The molecule has 0 bridgehead atoms. The number of hydrazone groups is 1. The highest BCUT2D eigenvalue weighted by atomic mass is 127. The summed E-state index contributed by atoms with van der Waals surface area (Å²) >= 11 is 10.1. The third-order valence-electron chi connectivity index (χ3n) is 2.30. The van der Waals surface area contributed by atoms with E-state index in [0.29, 0.717) is 10.6 Å². The fourth-order valence-corrected chi connectivity index (χ4v) is 3.40. The number of hydrogen-bond donors (Lipinski definition) is 2. The van der Waals surface area contributed by atoms with Crippen molar-refractivity contribution in [1.29, 1.82) is 0 Å². The Morgan fingerprint density at radius 3 is 2.53 bits per heavy atom. The van der Waals surface area contributed by atoms with Gasteiger partial charge in [-0.1, -0.05) is 11.6 Å². The first kappa shape index (κ1) is 14.9. The molecule has 0 unspecified atom stereocenters. The second kappa shape index (κ2) is 6.76. The van der Waals surface area contributed by atoms with E-state index in [1.807, 2.05) is 24.3 Å². The minimum atomic E-state index is 0.239. The number of phenols is 1. The molecule has 0 atom stereocenters. The van der Waals surface area contributed by atoms with Gasteiger partial charge in [-0.25, -0.2) is 0 Å². The molecule has 0 aliphatic heterocycles. The summed E-state index contributed by atoms with van der Waals surface area (Å²) in [5, 5.41) is 14.7.